The first-order valence-electron chi connectivity index (χ1n) is 25.5. The highest BCUT2D eigenvalue weighted by Gasteiger charge is 2.50. The van der Waals surface area contributed by atoms with Crippen LogP contribution in [0.2, 0.25) is 0 Å². The van der Waals surface area contributed by atoms with Gasteiger partial charge in [0.25, 0.3) is 0 Å². The second-order valence-corrected chi connectivity index (χ2v) is 27.0. The second kappa shape index (κ2) is 17.9. The van der Waals surface area contributed by atoms with Gasteiger partial charge in [-0.1, -0.05) is 255 Å². The molecular formula is C70H48N2Si2. The summed E-state index contributed by atoms with van der Waals surface area (Å²) in [5, 5.41) is 11.3. The molecule has 14 rings (SSSR count). The minimum Gasteiger partial charge on any atom is -0.228 e. The van der Waals surface area contributed by atoms with E-state index in [2.05, 4.69) is 285 Å². The van der Waals surface area contributed by atoms with Crippen molar-refractivity contribution < 1.29 is 0 Å². The van der Waals surface area contributed by atoms with Crippen molar-refractivity contribution in [3.8, 4) is 78.4 Å². The average Bonchev–Trinajstić information content (AvgIpc) is 3.97. The van der Waals surface area contributed by atoms with Crippen LogP contribution in [-0.2, 0) is 0 Å². The van der Waals surface area contributed by atoms with Crippen LogP contribution >= 0.6 is 0 Å². The van der Waals surface area contributed by atoms with Gasteiger partial charge in [-0.2, -0.15) is 0 Å². The Morgan fingerprint density at radius 2 is 0.527 bits per heavy atom. The maximum Gasteiger partial charge on any atom is 0.180 e. The first-order chi connectivity index (χ1) is 36.7. The molecule has 2 aliphatic rings. The first kappa shape index (κ1) is 43.7. The van der Waals surface area contributed by atoms with Gasteiger partial charge >= 0.3 is 0 Å². The molecule has 0 fully saturated rings. The number of hydrogen-bond donors (Lipinski definition) is 0. The molecular weight excluding hydrogens is 925 g/mol. The number of fused-ring (bicyclic) bond motifs is 6. The number of aromatic nitrogens is 2. The quantitative estimate of drug-likeness (QED) is 0.135. The molecule has 12 aromatic rings. The van der Waals surface area contributed by atoms with Gasteiger partial charge in [0, 0.05) is 16.7 Å². The van der Waals surface area contributed by atoms with Gasteiger partial charge in [-0.15, -0.1) is 0 Å². The first-order valence-corrected chi connectivity index (χ1v) is 29.5. The summed E-state index contributed by atoms with van der Waals surface area (Å²) < 4.78 is 0. The van der Waals surface area contributed by atoms with Crippen LogP contribution in [0.4, 0.5) is 0 Å². The largest absolute Gasteiger partial charge is 0.228 e. The summed E-state index contributed by atoms with van der Waals surface area (Å²) in [6.07, 6.45) is 0. The van der Waals surface area contributed by atoms with Crippen molar-refractivity contribution in [2.45, 2.75) is 0 Å². The highest BCUT2D eigenvalue weighted by Crippen LogP contribution is 2.39. The predicted molar refractivity (Wildman–Crippen MR) is 314 cm³/mol. The minimum absolute atomic E-state index is 0.698. The van der Waals surface area contributed by atoms with Gasteiger partial charge in [0.05, 0.1) is 11.4 Å². The molecule has 0 saturated heterocycles. The van der Waals surface area contributed by atoms with Gasteiger partial charge < -0.3 is 0 Å². The van der Waals surface area contributed by atoms with Gasteiger partial charge in [0.15, 0.2) is 22.0 Å². The molecule has 0 bridgehead atoms. The lowest BCUT2D eigenvalue weighted by atomic mass is 9.92. The van der Waals surface area contributed by atoms with Gasteiger partial charge in [-0.3, -0.25) is 0 Å². The fraction of sp³-hybridized carbons (Fsp3) is 0. The summed E-state index contributed by atoms with van der Waals surface area (Å²) in [6, 6.07) is 108. The molecule has 74 heavy (non-hydrogen) atoms. The molecule has 11 aromatic carbocycles. The highest BCUT2D eigenvalue weighted by atomic mass is 28.3. The van der Waals surface area contributed by atoms with Crippen molar-refractivity contribution in [1.82, 2.24) is 9.97 Å². The smallest absolute Gasteiger partial charge is 0.180 e. The molecule has 0 saturated carbocycles. The maximum atomic E-state index is 5.42. The third-order valence-corrected chi connectivity index (χ3v) is 25.4. The molecule has 0 atom stereocenters. The second-order valence-electron chi connectivity index (χ2n) is 19.6. The number of benzene rings is 11. The molecule has 0 aliphatic carbocycles. The van der Waals surface area contributed by atoms with Crippen LogP contribution in [0.15, 0.2) is 291 Å². The third-order valence-electron chi connectivity index (χ3n) is 15.6. The van der Waals surface area contributed by atoms with E-state index in [1.54, 1.807) is 0 Å². The Labute approximate surface area is 434 Å². The predicted octanol–water partition coefficient (Wildman–Crippen LogP) is 11.5. The monoisotopic (exact) mass is 972 g/mol. The zero-order valence-electron chi connectivity index (χ0n) is 40.6. The number of hydrogen-bond acceptors (Lipinski definition) is 2. The van der Waals surface area contributed by atoms with Crippen molar-refractivity contribution in [2.75, 3.05) is 0 Å². The average molecular weight is 973 g/mol. The number of nitrogens with zero attached hydrogens (tertiary/aromatic N) is 2. The van der Waals surface area contributed by atoms with Crippen LogP contribution < -0.4 is 41.5 Å². The normalized spacial score (nSPS) is 13.4. The molecule has 3 heterocycles. The topological polar surface area (TPSA) is 25.8 Å². The zero-order chi connectivity index (χ0) is 49.1. The number of rotatable bonds is 9. The van der Waals surface area contributed by atoms with E-state index in [-0.39, 0.29) is 0 Å². The molecule has 2 aliphatic heterocycles. The fourth-order valence-electron chi connectivity index (χ4n) is 12.4. The lowest BCUT2D eigenvalue weighted by Crippen LogP contribution is -2.72. The van der Waals surface area contributed by atoms with Crippen molar-refractivity contribution in [3.63, 3.8) is 0 Å². The maximum absolute atomic E-state index is 5.42. The molecule has 0 amide bonds. The summed E-state index contributed by atoms with van der Waals surface area (Å²) >= 11 is 0. The summed E-state index contributed by atoms with van der Waals surface area (Å²) in [4.78, 5) is 10.6. The third kappa shape index (κ3) is 6.91. The van der Waals surface area contributed by atoms with E-state index in [9.17, 15) is 0 Å². The lowest BCUT2D eigenvalue weighted by Gasteiger charge is -2.31. The van der Waals surface area contributed by atoms with Gasteiger partial charge in [-0.25, -0.2) is 9.97 Å². The Morgan fingerprint density at radius 3 is 0.946 bits per heavy atom. The van der Waals surface area contributed by atoms with Crippen molar-refractivity contribution >= 4 is 57.6 Å². The Hall–Kier alpha value is -9.07. The lowest BCUT2D eigenvalue weighted by molar-refractivity contribution is 1.18. The summed E-state index contributed by atoms with van der Waals surface area (Å²) in [5.41, 5.74) is 14.7. The minimum atomic E-state index is -2.67. The van der Waals surface area contributed by atoms with E-state index in [0.717, 1.165) is 39.2 Å². The van der Waals surface area contributed by atoms with E-state index in [0.29, 0.717) is 5.82 Å². The van der Waals surface area contributed by atoms with Crippen molar-refractivity contribution in [1.29, 1.82) is 0 Å². The molecule has 346 valence electrons. The SMILES string of the molecule is c1ccc(-c2cc(-c3cc(-c4ccc5c(c4)-c4ccccc4[Si]5(c4ccccc4)c4ccccc4)cc(-c4ccc5c(c4)-c4ccccc4[Si]5(c4ccccc4)c4ccccc4)c3)nc(-c3ccccc3)n2)cc1. The molecule has 4 heteroatoms. The molecule has 2 nitrogen and oxygen atoms in total. The Morgan fingerprint density at radius 1 is 0.203 bits per heavy atom. The van der Waals surface area contributed by atoms with Crippen molar-refractivity contribution in [2.24, 2.45) is 0 Å². The molecule has 0 radical (unpaired) electrons. The Balaban J connectivity index is 1.01. The van der Waals surface area contributed by atoms with Crippen LogP contribution in [0.5, 0.6) is 0 Å². The van der Waals surface area contributed by atoms with Crippen LogP contribution in [-0.4, -0.2) is 26.1 Å². The molecule has 0 unspecified atom stereocenters. The summed E-state index contributed by atoms with van der Waals surface area (Å²) in [5.74, 6) is 0.698. The zero-order valence-corrected chi connectivity index (χ0v) is 42.6. The van der Waals surface area contributed by atoms with E-state index in [1.165, 1.54) is 74.9 Å². The molecule has 1 aromatic heterocycles. The van der Waals surface area contributed by atoms with Gasteiger partial charge in [-0.05, 0) is 122 Å². The van der Waals surface area contributed by atoms with E-state index in [4.69, 9.17) is 9.97 Å². The summed E-state index contributed by atoms with van der Waals surface area (Å²) in [7, 11) is -5.34. The summed E-state index contributed by atoms with van der Waals surface area (Å²) in [6.45, 7) is 0. The van der Waals surface area contributed by atoms with Gasteiger partial charge in [0.1, 0.15) is 0 Å². The molecule has 0 spiro atoms. The molecule has 0 N–H and O–H groups in total. The van der Waals surface area contributed by atoms with E-state index < -0.39 is 16.1 Å². The van der Waals surface area contributed by atoms with Crippen LogP contribution in [0.3, 0.4) is 0 Å². The highest BCUT2D eigenvalue weighted by molar-refractivity contribution is 7.23. The van der Waals surface area contributed by atoms with Crippen LogP contribution in [0, 0.1) is 0 Å². The van der Waals surface area contributed by atoms with Crippen LogP contribution in [0.25, 0.3) is 78.4 Å². The Kier molecular flexibility index (Phi) is 10.6. The fourth-order valence-corrected chi connectivity index (χ4v) is 22.8. The van der Waals surface area contributed by atoms with Crippen molar-refractivity contribution in [3.05, 3.63) is 291 Å². The van der Waals surface area contributed by atoms with Gasteiger partial charge in [0.2, 0.25) is 0 Å². The van der Waals surface area contributed by atoms with E-state index >= 15 is 0 Å². The Bertz CT molecular complexity index is 3710. The van der Waals surface area contributed by atoms with Crippen LogP contribution in [0.1, 0.15) is 0 Å². The van der Waals surface area contributed by atoms with E-state index in [1.807, 2.05) is 6.07 Å². The standard InChI is InChI=1S/C70H48N2Si2/c1-7-23-49(24-8-1)64-48-65(72-70(71-64)50-25-9-2-10-26-50)55-44-53(51-39-41-68-62(46-51)60-35-19-21-37-66(60)73(68,56-27-11-3-12-28-56)57-29-13-4-14-30-57)43-54(45-55)52-40-42-69-63(47-52)61-36-20-22-38-67(61)74(69,58-31-15-5-16-32-58)59-33-17-6-18-34-59/h1-48H.